The molecule has 5 nitrogen and oxygen atoms in total. The molecule has 0 bridgehead atoms. The first kappa shape index (κ1) is 17.0. The molecular weight excluding hydrogens is 378 g/mol. The van der Waals surface area contributed by atoms with Gasteiger partial charge >= 0.3 is 0 Å². The minimum atomic E-state index is -3.66. The number of nitrogens with one attached hydrogen (secondary N) is 1. The highest BCUT2D eigenvalue weighted by Crippen LogP contribution is 2.32. The summed E-state index contributed by atoms with van der Waals surface area (Å²) in [5.41, 5.74) is 6.07. The number of hydrogen-bond acceptors (Lipinski definition) is 4. The summed E-state index contributed by atoms with van der Waals surface area (Å²) in [6.45, 7) is 2.96. The Balaban J connectivity index is 2.23. The second-order valence-corrected chi connectivity index (χ2v) is 8.39. The van der Waals surface area contributed by atoms with Gasteiger partial charge in [-0.3, -0.25) is 0 Å². The van der Waals surface area contributed by atoms with Crippen LogP contribution in [0.25, 0.3) is 0 Å². The molecule has 1 heterocycles. The van der Waals surface area contributed by atoms with E-state index in [9.17, 15) is 8.42 Å². The smallest absolute Gasteiger partial charge is 0.242 e. The average Bonchev–Trinajstić information content (AvgIpc) is 2.37. The SMILES string of the molecule is CC1CC(NS(=O)(=O)c2cc(Cl)cc(N)c2Br)CCN1C. The largest absolute Gasteiger partial charge is 0.398 e. The highest BCUT2D eigenvalue weighted by atomic mass is 79.9. The Morgan fingerprint density at radius 2 is 2.14 bits per heavy atom. The van der Waals surface area contributed by atoms with E-state index in [-0.39, 0.29) is 10.9 Å². The van der Waals surface area contributed by atoms with Crippen LogP contribution in [0.5, 0.6) is 0 Å². The number of hydrogen-bond donors (Lipinski definition) is 2. The van der Waals surface area contributed by atoms with Crippen LogP contribution in [0, 0.1) is 0 Å². The van der Waals surface area contributed by atoms with E-state index < -0.39 is 10.0 Å². The van der Waals surface area contributed by atoms with Crippen LogP contribution in [-0.2, 0) is 10.0 Å². The van der Waals surface area contributed by atoms with Crippen molar-refractivity contribution in [2.24, 2.45) is 0 Å². The minimum Gasteiger partial charge on any atom is -0.398 e. The predicted octanol–water partition coefficient (Wildman–Crippen LogP) is 2.45. The Morgan fingerprint density at radius 1 is 1.48 bits per heavy atom. The number of nitrogens with zero attached hydrogens (tertiary/aromatic N) is 1. The number of anilines is 1. The molecule has 0 amide bonds. The molecule has 21 heavy (non-hydrogen) atoms. The molecule has 0 aliphatic carbocycles. The number of piperidine rings is 1. The lowest BCUT2D eigenvalue weighted by atomic mass is 10.0. The summed E-state index contributed by atoms with van der Waals surface area (Å²) in [5, 5.41) is 0.299. The second-order valence-electron chi connectivity index (χ2n) is 5.48. The average molecular weight is 397 g/mol. The summed E-state index contributed by atoms with van der Waals surface area (Å²) in [4.78, 5) is 2.30. The standard InChI is InChI=1S/C13H19BrClN3O2S/c1-8-5-10(3-4-18(8)2)17-21(19,20)12-7-9(15)6-11(16)13(12)14/h6-8,10,17H,3-5,16H2,1-2H3. The van der Waals surface area contributed by atoms with E-state index in [2.05, 4.69) is 32.5 Å². The number of likely N-dealkylation sites (tertiary alicyclic amines) is 1. The van der Waals surface area contributed by atoms with E-state index in [1.165, 1.54) is 12.1 Å². The number of benzene rings is 1. The van der Waals surface area contributed by atoms with Crippen molar-refractivity contribution < 1.29 is 8.42 Å². The maximum Gasteiger partial charge on any atom is 0.242 e. The van der Waals surface area contributed by atoms with Gasteiger partial charge in [-0.05, 0) is 61.4 Å². The van der Waals surface area contributed by atoms with Crippen molar-refractivity contribution in [1.29, 1.82) is 0 Å². The van der Waals surface area contributed by atoms with Crippen LogP contribution < -0.4 is 10.5 Å². The number of rotatable bonds is 3. The zero-order chi connectivity index (χ0) is 15.8. The molecule has 118 valence electrons. The van der Waals surface area contributed by atoms with Gasteiger partial charge in [0.2, 0.25) is 10.0 Å². The lowest BCUT2D eigenvalue weighted by molar-refractivity contribution is 0.178. The highest BCUT2D eigenvalue weighted by molar-refractivity contribution is 9.10. The maximum atomic E-state index is 12.5. The molecule has 0 spiro atoms. The van der Waals surface area contributed by atoms with Gasteiger partial charge in [0, 0.05) is 22.8 Å². The summed E-state index contributed by atoms with van der Waals surface area (Å²) in [7, 11) is -1.61. The van der Waals surface area contributed by atoms with Crippen LogP contribution >= 0.6 is 27.5 Å². The number of sulfonamides is 1. The van der Waals surface area contributed by atoms with Crippen molar-refractivity contribution in [3.63, 3.8) is 0 Å². The van der Waals surface area contributed by atoms with Crippen molar-refractivity contribution in [3.8, 4) is 0 Å². The number of nitrogens with two attached hydrogens (primary N) is 1. The number of halogens is 2. The van der Waals surface area contributed by atoms with Crippen molar-refractivity contribution in [3.05, 3.63) is 21.6 Å². The van der Waals surface area contributed by atoms with Crippen LogP contribution in [0.15, 0.2) is 21.5 Å². The Labute approximate surface area is 139 Å². The Kier molecular flexibility index (Phi) is 5.20. The lowest BCUT2D eigenvalue weighted by Gasteiger charge is -2.35. The molecular formula is C13H19BrClN3O2S. The summed E-state index contributed by atoms with van der Waals surface area (Å²) in [6, 6.07) is 3.19. The predicted molar refractivity (Wildman–Crippen MR) is 89.0 cm³/mol. The summed E-state index contributed by atoms with van der Waals surface area (Å²) in [5.74, 6) is 0. The van der Waals surface area contributed by atoms with Crippen molar-refractivity contribution >= 4 is 43.2 Å². The third kappa shape index (κ3) is 3.90. The van der Waals surface area contributed by atoms with E-state index >= 15 is 0 Å². The third-order valence-corrected chi connectivity index (χ3v) is 6.76. The monoisotopic (exact) mass is 395 g/mol. The topological polar surface area (TPSA) is 75.4 Å². The van der Waals surface area contributed by atoms with Gasteiger partial charge in [-0.2, -0.15) is 0 Å². The molecule has 1 fully saturated rings. The normalized spacial score (nSPS) is 24.2. The number of nitrogen functional groups attached to an aromatic ring is 1. The molecule has 1 aliphatic rings. The van der Waals surface area contributed by atoms with Gasteiger partial charge in [-0.25, -0.2) is 13.1 Å². The second kappa shape index (κ2) is 6.42. The van der Waals surface area contributed by atoms with E-state index in [0.717, 1.165) is 19.4 Å². The van der Waals surface area contributed by atoms with E-state index in [1.807, 2.05) is 7.05 Å². The molecule has 1 aromatic carbocycles. The van der Waals surface area contributed by atoms with Gasteiger partial charge < -0.3 is 10.6 Å². The molecule has 1 aliphatic heterocycles. The van der Waals surface area contributed by atoms with E-state index in [4.69, 9.17) is 17.3 Å². The van der Waals surface area contributed by atoms with Crippen LogP contribution in [0.2, 0.25) is 5.02 Å². The Hall–Kier alpha value is -0.340. The first-order chi connectivity index (χ1) is 9.70. The van der Waals surface area contributed by atoms with Gasteiger partial charge in [0.1, 0.15) is 0 Å². The van der Waals surface area contributed by atoms with Crippen LogP contribution in [0.1, 0.15) is 19.8 Å². The molecule has 0 saturated carbocycles. The van der Waals surface area contributed by atoms with Gasteiger partial charge in [0.25, 0.3) is 0 Å². The van der Waals surface area contributed by atoms with E-state index in [1.54, 1.807) is 0 Å². The van der Waals surface area contributed by atoms with Crippen molar-refractivity contribution in [2.75, 3.05) is 19.3 Å². The Morgan fingerprint density at radius 3 is 2.76 bits per heavy atom. The molecule has 0 radical (unpaired) electrons. The molecule has 2 atom stereocenters. The van der Waals surface area contributed by atoms with Crippen LogP contribution in [-0.4, -0.2) is 39.0 Å². The van der Waals surface area contributed by atoms with Crippen molar-refractivity contribution in [2.45, 2.75) is 36.7 Å². The third-order valence-electron chi connectivity index (χ3n) is 3.85. The molecule has 8 heteroatoms. The Bertz CT molecular complexity index is 639. The molecule has 1 saturated heterocycles. The van der Waals surface area contributed by atoms with Crippen LogP contribution in [0.3, 0.4) is 0 Å². The first-order valence-electron chi connectivity index (χ1n) is 6.68. The highest BCUT2D eigenvalue weighted by Gasteiger charge is 2.28. The fourth-order valence-electron chi connectivity index (χ4n) is 2.46. The molecule has 1 aromatic rings. The van der Waals surface area contributed by atoms with E-state index in [0.29, 0.717) is 21.2 Å². The molecule has 2 rings (SSSR count). The van der Waals surface area contributed by atoms with Gasteiger partial charge in [-0.15, -0.1) is 0 Å². The minimum absolute atomic E-state index is 0.0756. The summed E-state index contributed by atoms with van der Waals surface area (Å²) < 4.78 is 28.2. The molecule has 3 N–H and O–H groups in total. The van der Waals surface area contributed by atoms with Gasteiger partial charge in [0.15, 0.2) is 0 Å². The molecule has 2 unspecified atom stereocenters. The zero-order valence-electron chi connectivity index (χ0n) is 11.9. The fraction of sp³-hybridized carbons (Fsp3) is 0.538. The summed E-state index contributed by atoms with van der Waals surface area (Å²) >= 11 is 9.14. The fourth-order valence-corrected chi connectivity index (χ4v) is 5.03. The first-order valence-corrected chi connectivity index (χ1v) is 9.33. The maximum absolute atomic E-state index is 12.5. The molecule has 0 aromatic heterocycles. The lowest BCUT2D eigenvalue weighted by Crippen LogP contribution is -2.47. The van der Waals surface area contributed by atoms with Gasteiger partial charge in [-0.1, -0.05) is 11.6 Å². The quantitative estimate of drug-likeness (QED) is 0.770. The van der Waals surface area contributed by atoms with Crippen molar-refractivity contribution in [1.82, 2.24) is 9.62 Å². The zero-order valence-corrected chi connectivity index (χ0v) is 15.1. The van der Waals surface area contributed by atoms with Crippen LogP contribution in [0.4, 0.5) is 5.69 Å². The van der Waals surface area contributed by atoms with Gasteiger partial charge in [0.05, 0.1) is 9.37 Å². The summed E-state index contributed by atoms with van der Waals surface area (Å²) in [6.07, 6.45) is 1.57.